The highest BCUT2D eigenvalue weighted by Crippen LogP contribution is 2.13. The number of hydrogen-bond donors (Lipinski definition) is 1. The summed E-state index contributed by atoms with van der Waals surface area (Å²) in [5, 5.41) is 21.1. The quantitative estimate of drug-likeness (QED) is 0.850. The number of carboxylic acid groups (broad SMARTS) is 1. The van der Waals surface area contributed by atoms with E-state index in [1.165, 1.54) is 29.1 Å². The van der Waals surface area contributed by atoms with E-state index in [-0.39, 0.29) is 11.3 Å². The predicted molar refractivity (Wildman–Crippen MR) is 55.2 cm³/mol. The molecular weight excluding hydrogens is 225 g/mol. The third kappa shape index (κ3) is 1.99. The summed E-state index contributed by atoms with van der Waals surface area (Å²) in [6, 6.07) is 6.87. The molecule has 0 aliphatic carbocycles. The fourth-order valence-corrected chi connectivity index (χ4v) is 1.32. The minimum Gasteiger partial charge on any atom is -0.476 e. The molecule has 0 saturated heterocycles. The highest BCUT2D eigenvalue weighted by molar-refractivity contribution is 5.85. The van der Waals surface area contributed by atoms with Crippen LogP contribution in [0.3, 0.4) is 0 Å². The van der Waals surface area contributed by atoms with Gasteiger partial charge in [-0.3, -0.25) is 0 Å². The van der Waals surface area contributed by atoms with Gasteiger partial charge in [0.2, 0.25) is 0 Å². The first kappa shape index (κ1) is 10.8. The highest BCUT2D eigenvalue weighted by Gasteiger charge is 2.09. The fraction of sp³-hybridized carbons (Fsp3) is 0. The van der Waals surface area contributed by atoms with Crippen molar-refractivity contribution in [1.29, 1.82) is 5.26 Å². The second-order valence-electron chi connectivity index (χ2n) is 3.23. The first-order valence-electron chi connectivity index (χ1n) is 4.61. The van der Waals surface area contributed by atoms with Crippen molar-refractivity contribution < 1.29 is 14.3 Å². The van der Waals surface area contributed by atoms with E-state index >= 15 is 0 Å². The Kier molecular flexibility index (Phi) is 2.58. The standard InChI is InChI=1S/C11H6FN3O2/c12-9-2-1-8(5-7(9)6-13)15-4-3-10(14-15)11(16)17/h1-5H,(H,16,17). The van der Waals surface area contributed by atoms with Crippen LogP contribution in [-0.4, -0.2) is 20.9 Å². The van der Waals surface area contributed by atoms with Crippen molar-refractivity contribution in [3.63, 3.8) is 0 Å². The highest BCUT2D eigenvalue weighted by atomic mass is 19.1. The summed E-state index contributed by atoms with van der Waals surface area (Å²) in [7, 11) is 0. The summed E-state index contributed by atoms with van der Waals surface area (Å²) in [5.41, 5.74) is 0.193. The number of carbonyl (C=O) groups is 1. The molecule has 2 rings (SSSR count). The number of halogens is 1. The van der Waals surface area contributed by atoms with Gasteiger partial charge in [0.1, 0.15) is 11.9 Å². The Balaban J connectivity index is 2.46. The van der Waals surface area contributed by atoms with Crippen molar-refractivity contribution in [2.75, 3.05) is 0 Å². The minimum atomic E-state index is -1.15. The van der Waals surface area contributed by atoms with Crippen molar-refractivity contribution in [2.24, 2.45) is 0 Å². The molecule has 1 aromatic carbocycles. The van der Waals surface area contributed by atoms with Crippen LogP contribution in [0, 0.1) is 17.1 Å². The topological polar surface area (TPSA) is 78.9 Å². The maximum atomic E-state index is 13.1. The Labute approximate surface area is 95.3 Å². The molecule has 0 radical (unpaired) electrons. The van der Waals surface area contributed by atoms with Crippen LogP contribution in [0.15, 0.2) is 30.5 Å². The van der Waals surface area contributed by atoms with Crippen LogP contribution in [0.2, 0.25) is 0 Å². The zero-order chi connectivity index (χ0) is 12.4. The van der Waals surface area contributed by atoms with Crippen molar-refractivity contribution >= 4 is 5.97 Å². The summed E-state index contributed by atoms with van der Waals surface area (Å²) < 4.78 is 14.3. The molecule has 1 aromatic heterocycles. The van der Waals surface area contributed by atoms with Crippen molar-refractivity contribution in [1.82, 2.24) is 9.78 Å². The molecular formula is C11H6FN3O2. The van der Waals surface area contributed by atoms with Gasteiger partial charge in [0, 0.05) is 6.20 Å². The number of aromatic carboxylic acids is 1. The molecule has 1 heterocycles. The van der Waals surface area contributed by atoms with Crippen LogP contribution in [0.25, 0.3) is 5.69 Å². The van der Waals surface area contributed by atoms with Crippen LogP contribution < -0.4 is 0 Å². The van der Waals surface area contributed by atoms with Crippen LogP contribution in [0.5, 0.6) is 0 Å². The molecule has 0 fully saturated rings. The summed E-state index contributed by atoms with van der Waals surface area (Å²) in [4.78, 5) is 10.6. The van der Waals surface area contributed by atoms with Crippen molar-refractivity contribution in [2.45, 2.75) is 0 Å². The largest absolute Gasteiger partial charge is 0.476 e. The van der Waals surface area contributed by atoms with Crippen LogP contribution in [0.4, 0.5) is 4.39 Å². The summed E-state index contributed by atoms with van der Waals surface area (Å²) in [6.45, 7) is 0. The molecule has 0 aliphatic rings. The number of benzene rings is 1. The predicted octanol–water partition coefficient (Wildman–Crippen LogP) is 1.58. The van der Waals surface area contributed by atoms with E-state index in [1.807, 2.05) is 0 Å². The van der Waals surface area contributed by atoms with Crippen molar-refractivity contribution in [3.8, 4) is 11.8 Å². The van der Waals surface area contributed by atoms with Gasteiger partial charge in [0.05, 0.1) is 11.3 Å². The number of carboxylic acids is 1. The Hall–Kier alpha value is -2.68. The molecule has 5 nitrogen and oxygen atoms in total. The molecule has 84 valence electrons. The lowest BCUT2D eigenvalue weighted by Gasteiger charge is -2.01. The number of nitriles is 1. The fourth-order valence-electron chi connectivity index (χ4n) is 1.32. The zero-order valence-electron chi connectivity index (χ0n) is 8.46. The van der Waals surface area contributed by atoms with Gasteiger partial charge in [0.25, 0.3) is 0 Å². The maximum Gasteiger partial charge on any atom is 0.356 e. The normalized spacial score (nSPS) is 9.88. The van der Waals surface area contributed by atoms with Gasteiger partial charge in [-0.1, -0.05) is 0 Å². The van der Waals surface area contributed by atoms with E-state index < -0.39 is 11.8 Å². The molecule has 0 saturated carbocycles. The molecule has 0 amide bonds. The first-order chi connectivity index (χ1) is 8.11. The molecule has 0 bridgehead atoms. The molecule has 0 spiro atoms. The number of nitrogens with zero attached hydrogens (tertiary/aromatic N) is 3. The monoisotopic (exact) mass is 231 g/mol. The zero-order valence-corrected chi connectivity index (χ0v) is 8.46. The summed E-state index contributed by atoms with van der Waals surface area (Å²) >= 11 is 0. The number of rotatable bonds is 2. The van der Waals surface area contributed by atoms with E-state index in [2.05, 4.69) is 5.10 Å². The van der Waals surface area contributed by atoms with Gasteiger partial charge in [-0.15, -0.1) is 0 Å². The average Bonchev–Trinajstić information content (AvgIpc) is 2.79. The van der Waals surface area contributed by atoms with E-state index in [0.717, 1.165) is 6.07 Å². The SMILES string of the molecule is N#Cc1cc(-n2ccc(C(=O)O)n2)ccc1F. The van der Waals surface area contributed by atoms with E-state index in [0.29, 0.717) is 5.69 Å². The Morgan fingerprint density at radius 2 is 2.24 bits per heavy atom. The minimum absolute atomic E-state index is 0.116. The lowest BCUT2D eigenvalue weighted by Crippen LogP contribution is -2.01. The van der Waals surface area contributed by atoms with Gasteiger partial charge in [-0.2, -0.15) is 10.4 Å². The van der Waals surface area contributed by atoms with E-state index in [4.69, 9.17) is 10.4 Å². The lowest BCUT2D eigenvalue weighted by molar-refractivity contribution is 0.0690. The second kappa shape index (κ2) is 4.06. The number of hydrogen-bond acceptors (Lipinski definition) is 3. The van der Waals surface area contributed by atoms with Crippen LogP contribution in [-0.2, 0) is 0 Å². The molecule has 0 unspecified atom stereocenters. The smallest absolute Gasteiger partial charge is 0.356 e. The van der Waals surface area contributed by atoms with Gasteiger partial charge >= 0.3 is 5.97 Å². The maximum absolute atomic E-state index is 13.1. The second-order valence-corrected chi connectivity index (χ2v) is 3.23. The summed E-state index contributed by atoms with van der Waals surface area (Å²) in [5.74, 6) is -1.77. The first-order valence-corrected chi connectivity index (χ1v) is 4.61. The summed E-state index contributed by atoms with van der Waals surface area (Å²) in [6.07, 6.45) is 1.43. The van der Waals surface area contributed by atoms with E-state index in [9.17, 15) is 9.18 Å². The molecule has 6 heteroatoms. The van der Waals surface area contributed by atoms with Crippen LogP contribution in [0.1, 0.15) is 16.1 Å². The Morgan fingerprint density at radius 1 is 1.47 bits per heavy atom. The third-order valence-corrected chi connectivity index (χ3v) is 2.14. The molecule has 2 aromatic rings. The Morgan fingerprint density at radius 3 is 2.82 bits per heavy atom. The molecule has 1 N–H and O–H groups in total. The third-order valence-electron chi connectivity index (χ3n) is 2.14. The van der Waals surface area contributed by atoms with Gasteiger partial charge < -0.3 is 5.11 Å². The van der Waals surface area contributed by atoms with Gasteiger partial charge in [-0.25, -0.2) is 13.9 Å². The van der Waals surface area contributed by atoms with E-state index in [1.54, 1.807) is 6.07 Å². The lowest BCUT2D eigenvalue weighted by atomic mass is 10.2. The van der Waals surface area contributed by atoms with Crippen LogP contribution >= 0.6 is 0 Å². The molecule has 0 aliphatic heterocycles. The Bertz CT molecular complexity index is 628. The molecule has 0 atom stereocenters. The number of aromatic nitrogens is 2. The average molecular weight is 231 g/mol. The van der Waals surface area contributed by atoms with Crippen molar-refractivity contribution in [3.05, 3.63) is 47.5 Å². The van der Waals surface area contributed by atoms with Gasteiger partial charge in [-0.05, 0) is 24.3 Å². The molecule has 17 heavy (non-hydrogen) atoms. The van der Waals surface area contributed by atoms with Gasteiger partial charge in [0.15, 0.2) is 5.69 Å².